The first-order valence-electron chi connectivity index (χ1n) is 4.41. The summed E-state index contributed by atoms with van der Waals surface area (Å²) in [6.45, 7) is 0. The molecule has 0 aliphatic carbocycles. The van der Waals surface area contributed by atoms with Gasteiger partial charge in [-0.25, -0.2) is 0 Å². The van der Waals surface area contributed by atoms with E-state index in [4.69, 9.17) is 10.00 Å². The highest BCUT2D eigenvalue weighted by Crippen LogP contribution is 2.30. The van der Waals surface area contributed by atoms with Crippen LogP contribution in [0, 0.1) is 21.4 Å². The lowest BCUT2D eigenvalue weighted by atomic mass is 10.0. The lowest BCUT2D eigenvalue weighted by Crippen LogP contribution is -2.08. The smallest absolute Gasteiger partial charge is 0.288 e. The highest BCUT2D eigenvalue weighted by atomic mass is 79.9. The van der Waals surface area contributed by atoms with Crippen molar-refractivity contribution < 1.29 is 14.5 Å². The number of ketones is 1. The molecule has 0 amide bonds. The van der Waals surface area contributed by atoms with Crippen molar-refractivity contribution in [2.45, 2.75) is 0 Å². The molecule has 0 bridgehead atoms. The number of nitrogens with zero attached hydrogens (tertiary/aromatic N) is 2. The van der Waals surface area contributed by atoms with Crippen molar-refractivity contribution in [2.75, 3.05) is 12.4 Å². The van der Waals surface area contributed by atoms with Gasteiger partial charge in [0.05, 0.1) is 22.9 Å². The van der Waals surface area contributed by atoms with Gasteiger partial charge in [0.2, 0.25) is 0 Å². The number of ether oxygens (including phenoxy) is 1. The fourth-order valence-electron chi connectivity index (χ4n) is 1.35. The summed E-state index contributed by atoms with van der Waals surface area (Å²) in [5.41, 5.74) is -0.752. The van der Waals surface area contributed by atoms with Gasteiger partial charge in [-0.2, -0.15) is 5.26 Å². The normalized spacial score (nSPS) is 9.47. The first-order valence-corrected chi connectivity index (χ1v) is 5.53. The van der Waals surface area contributed by atoms with E-state index in [0.717, 1.165) is 6.07 Å². The zero-order valence-corrected chi connectivity index (χ0v) is 10.4. The van der Waals surface area contributed by atoms with Gasteiger partial charge in [0.25, 0.3) is 5.69 Å². The standard InChI is InChI=1S/C10H7BrN2O4/c1-17-9-3-2-7(13(15)16)6(5-12)10(9)8(14)4-11/h2-3H,4H2,1H3. The average Bonchev–Trinajstić information content (AvgIpc) is 2.35. The Morgan fingerprint density at radius 3 is 2.71 bits per heavy atom. The maximum atomic E-state index is 11.6. The van der Waals surface area contributed by atoms with Crippen molar-refractivity contribution in [2.24, 2.45) is 0 Å². The van der Waals surface area contributed by atoms with Crippen LogP contribution in [-0.2, 0) is 0 Å². The van der Waals surface area contributed by atoms with Crippen LogP contribution in [0.5, 0.6) is 5.75 Å². The van der Waals surface area contributed by atoms with Crippen LogP contribution in [0.25, 0.3) is 0 Å². The van der Waals surface area contributed by atoms with E-state index in [0.29, 0.717) is 0 Å². The summed E-state index contributed by atoms with van der Waals surface area (Å²) in [6, 6.07) is 4.11. The molecule has 0 N–H and O–H groups in total. The molecule has 0 unspecified atom stereocenters. The second-order valence-electron chi connectivity index (χ2n) is 2.96. The molecule has 1 rings (SSSR count). The quantitative estimate of drug-likeness (QED) is 0.367. The summed E-state index contributed by atoms with van der Waals surface area (Å²) in [7, 11) is 1.33. The van der Waals surface area contributed by atoms with Gasteiger partial charge in [-0.1, -0.05) is 15.9 Å². The van der Waals surface area contributed by atoms with Crippen molar-refractivity contribution in [1.29, 1.82) is 5.26 Å². The number of nitro groups is 1. The maximum Gasteiger partial charge on any atom is 0.288 e. The highest BCUT2D eigenvalue weighted by molar-refractivity contribution is 9.09. The predicted molar refractivity (Wildman–Crippen MR) is 62.5 cm³/mol. The molecule has 17 heavy (non-hydrogen) atoms. The summed E-state index contributed by atoms with van der Waals surface area (Å²) in [5.74, 6) is -0.293. The molecule has 88 valence electrons. The number of rotatable bonds is 4. The van der Waals surface area contributed by atoms with Crippen LogP contribution in [0.4, 0.5) is 5.69 Å². The van der Waals surface area contributed by atoms with Gasteiger partial charge in [-0.05, 0) is 6.07 Å². The van der Waals surface area contributed by atoms with Gasteiger partial charge in [0.15, 0.2) is 5.78 Å². The van der Waals surface area contributed by atoms with Gasteiger partial charge in [-0.15, -0.1) is 0 Å². The zero-order valence-electron chi connectivity index (χ0n) is 8.77. The van der Waals surface area contributed by atoms with E-state index in [1.54, 1.807) is 6.07 Å². The average molecular weight is 299 g/mol. The summed E-state index contributed by atoms with van der Waals surface area (Å²) in [6.07, 6.45) is 0. The predicted octanol–water partition coefficient (Wildman–Crippen LogP) is 2.05. The van der Waals surface area contributed by atoms with Gasteiger partial charge in [0.1, 0.15) is 17.4 Å². The second-order valence-corrected chi connectivity index (χ2v) is 3.52. The Hall–Kier alpha value is -1.94. The molecule has 0 radical (unpaired) electrons. The Morgan fingerprint density at radius 2 is 2.29 bits per heavy atom. The number of benzene rings is 1. The summed E-state index contributed by atoms with van der Waals surface area (Å²) in [4.78, 5) is 21.7. The topological polar surface area (TPSA) is 93.2 Å². The molecule has 1 aromatic rings. The highest BCUT2D eigenvalue weighted by Gasteiger charge is 2.25. The van der Waals surface area contributed by atoms with E-state index < -0.39 is 16.4 Å². The molecule has 7 heteroatoms. The number of nitro benzene ring substituents is 1. The number of nitriles is 1. The van der Waals surface area contributed by atoms with Gasteiger partial charge < -0.3 is 4.74 Å². The van der Waals surface area contributed by atoms with Crippen molar-refractivity contribution in [3.63, 3.8) is 0 Å². The molecule has 0 aliphatic rings. The Morgan fingerprint density at radius 1 is 1.65 bits per heavy atom. The van der Waals surface area contributed by atoms with E-state index in [1.165, 1.54) is 13.2 Å². The van der Waals surface area contributed by atoms with Crippen molar-refractivity contribution in [1.82, 2.24) is 0 Å². The van der Waals surface area contributed by atoms with Crippen LogP contribution >= 0.6 is 15.9 Å². The largest absolute Gasteiger partial charge is 0.496 e. The Bertz CT molecular complexity index is 522. The van der Waals surface area contributed by atoms with Gasteiger partial charge in [0, 0.05) is 6.07 Å². The summed E-state index contributed by atoms with van der Waals surface area (Å²) >= 11 is 2.96. The number of Topliss-reactive ketones (excluding diaryl/α,β-unsaturated/α-hetero) is 1. The first-order chi connectivity index (χ1) is 8.06. The van der Waals surface area contributed by atoms with Crippen LogP contribution in [0.1, 0.15) is 15.9 Å². The van der Waals surface area contributed by atoms with E-state index in [9.17, 15) is 14.9 Å². The number of alkyl halides is 1. The number of halogens is 1. The lowest BCUT2D eigenvalue weighted by molar-refractivity contribution is -0.385. The molecule has 0 spiro atoms. The number of carbonyl (C=O) groups excluding carboxylic acids is 1. The fraction of sp³-hybridized carbons (Fsp3) is 0.200. The Balaban J connectivity index is 3.62. The third-order valence-corrected chi connectivity index (χ3v) is 2.58. The minimum Gasteiger partial charge on any atom is -0.496 e. The van der Waals surface area contributed by atoms with E-state index in [2.05, 4.69) is 15.9 Å². The molecule has 0 aliphatic heterocycles. The van der Waals surface area contributed by atoms with Crippen LogP contribution in [0.3, 0.4) is 0 Å². The minimum absolute atomic E-state index is 0.0425. The number of hydrogen-bond donors (Lipinski definition) is 0. The van der Waals surface area contributed by atoms with Crippen LogP contribution in [-0.4, -0.2) is 23.1 Å². The number of carbonyl (C=O) groups is 1. The van der Waals surface area contributed by atoms with Crippen LogP contribution in [0.15, 0.2) is 12.1 Å². The van der Waals surface area contributed by atoms with Crippen molar-refractivity contribution in [3.05, 3.63) is 33.4 Å². The van der Waals surface area contributed by atoms with Gasteiger partial charge in [-0.3, -0.25) is 14.9 Å². The van der Waals surface area contributed by atoms with Gasteiger partial charge >= 0.3 is 0 Å². The molecule has 0 atom stereocenters. The Labute approximate surface area is 105 Å². The molecule has 1 aromatic carbocycles. The summed E-state index contributed by atoms with van der Waals surface area (Å²) in [5, 5.41) is 19.6. The molecule has 6 nitrogen and oxygen atoms in total. The SMILES string of the molecule is COc1ccc([N+](=O)[O-])c(C#N)c1C(=O)CBr. The maximum absolute atomic E-state index is 11.6. The van der Waals surface area contributed by atoms with Crippen LogP contribution < -0.4 is 4.74 Å². The van der Waals surface area contributed by atoms with Crippen LogP contribution in [0.2, 0.25) is 0 Å². The third kappa shape index (κ3) is 2.42. The lowest BCUT2D eigenvalue weighted by Gasteiger charge is -2.08. The van der Waals surface area contributed by atoms with E-state index in [-0.39, 0.29) is 22.2 Å². The first kappa shape index (κ1) is 13.1. The molecular formula is C10H7BrN2O4. The second kappa shape index (κ2) is 5.41. The monoisotopic (exact) mass is 298 g/mol. The van der Waals surface area contributed by atoms with Crippen molar-refractivity contribution in [3.8, 4) is 11.8 Å². The van der Waals surface area contributed by atoms with E-state index >= 15 is 0 Å². The minimum atomic E-state index is -0.705. The molecular weight excluding hydrogens is 292 g/mol. The summed E-state index contributed by atoms with van der Waals surface area (Å²) < 4.78 is 4.93. The number of hydrogen-bond acceptors (Lipinski definition) is 5. The molecule has 0 aromatic heterocycles. The Kier molecular flexibility index (Phi) is 4.17. The fourth-order valence-corrected chi connectivity index (χ4v) is 1.63. The molecule has 0 heterocycles. The van der Waals surface area contributed by atoms with E-state index in [1.807, 2.05) is 0 Å². The molecule has 0 fully saturated rings. The zero-order chi connectivity index (χ0) is 13.0. The van der Waals surface area contributed by atoms with Crippen molar-refractivity contribution >= 4 is 27.4 Å². The molecule has 0 saturated carbocycles. The molecule has 0 saturated heterocycles. The number of methoxy groups -OCH3 is 1. The third-order valence-electron chi connectivity index (χ3n) is 2.07.